The van der Waals surface area contributed by atoms with Crippen LogP contribution >= 0.6 is 0 Å². The number of benzene rings is 2. The molecule has 12 heteroatoms. The van der Waals surface area contributed by atoms with Crippen molar-refractivity contribution < 1.29 is 37.0 Å². The van der Waals surface area contributed by atoms with E-state index >= 15 is 0 Å². The number of fused-ring (bicyclic) bond motifs is 2. The molecule has 4 aromatic rings. The normalized spacial score (nSPS) is 18.3. The third-order valence-corrected chi connectivity index (χ3v) is 6.91. The summed E-state index contributed by atoms with van der Waals surface area (Å²) in [5.74, 6) is -2.37. The van der Waals surface area contributed by atoms with E-state index < -0.39 is 47.1 Å². The molecule has 0 spiro atoms. The third kappa shape index (κ3) is 4.36. The Kier molecular flexibility index (Phi) is 6.10. The van der Waals surface area contributed by atoms with Gasteiger partial charge in [0.25, 0.3) is 5.91 Å². The molecule has 5 N–H and O–H groups in total. The quantitative estimate of drug-likeness (QED) is 0.276. The molecule has 0 radical (unpaired) electrons. The van der Waals surface area contributed by atoms with Gasteiger partial charge in [0, 0.05) is 22.0 Å². The lowest BCUT2D eigenvalue weighted by molar-refractivity contribution is -0.265. The highest BCUT2D eigenvalue weighted by atomic mass is 19.4. The lowest BCUT2D eigenvalue weighted by atomic mass is 9.81. The van der Waals surface area contributed by atoms with Gasteiger partial charge in [-0.1, -0.05) is 18.2 Å². The Hall–Kier alpha value is -4.45. The van der Waals surface area contributed by atoms with Gasteiger partial charge in [-0.2, -0.15) is 13.2 Å². The lowest BCUT2D eigenvalue weighted by Gasteiger charge is -2.31. The van der Waals surface area contributed by atoms with Crippen LogP contribution in [0.4, 0.5) is 17.6 Å². The van der Waals surface area contributed by atoms with E-state index in [0.29, 0.717) is 10.9 Å². The zero-order chi connectivity index (χ0) is 28.2. The van der Waals surface area contributed by atoms with E-state index in [2.05, 4.69) is 15.3 Å². The van der Waals surface area contributed by atoms with Gasteiger partial charge in [-0.05, 0) is 49.4 Å². The van der Waals surface area contributed by atoms with Gasteiger partial charge in [0.2, 0.25) is 11.5 Å². The van der Waals surface area contributed by atoms with Gasteiger partial charge in [0.1, 0.15) is 35.0 Å². The summed E-state index contributed by atoms with van der Waals surface area (Å²) < 4.78 is 62.6. The number of aliphatic hydroxyl groups is 1. The number of rotatable bonds is 6. The van der Waals surface area contributed by atoms with Crippen molar-refractivity contribution in [2.24, 2.45) is 5.73 Å². The highest BCUT2D eigenvalue weighted by Crippen LogP contribution is 2.47. The zero-order valence-corrected chi connectivity index (χ0v) is 20.4. The number of hydrogen-bond acceptors (Lipinski definition) is 5. The number of nitrogens with zero attached hydrogens (tertiary/aromatic N) is 1. The Balaban J connectivity index is 1.59. The van der Waals surface area contributed by atoms with Crippen LogP contribution in [0.3, 0.4) is 0 Å². The molecule has 2 amide bonds. The van der Waals surface area contributed by atoms with Crippen molar-refractivity contribution in [2.45, 2.75) is 24.1 Å². The van der Waals surface area contributed by atoms with Gasteiger partial charge >= 0.3 is 6.18 Å². The summed E-state index contributed by atoms with van der Waals surface area (Å²) >= 11 is 0. The number of halogens is 4. The molecule has 202 valence electrons. The number of ether oxygens (including phenoxy) is 1. The van der Waals surface area contributed by atoms with E-state index in [1.807, 2.05) is 0 Å². The van der Waals surface area contributed by atoms with Gasteiger partial charge in [0.05, 0.1) is 12.2 Å². The van der Waals surface area contributed by atoms with Crippen LogP contribution < -0.4 is 15.8 Å². The minimum atomic E-state index is -5.31. The molecular formula is C27H22F4N4O4. The van der Waals surface area contributed by atoms with Crippen molar-refractivity contribution in [3.05, 3.63) is 83.4 Å². The minimum absolute atomic E-state index is 0.00987. The molecule has 3 heterocycles. The molecule has 0 saturated carbocycles. The van der Waals surface area contributed by atoms with Gasteiger partial charge in [-0.3, -0.25) is 9.59 Å². The minimum Gasteiger partial charge on any atom is -0.489 e. The molecule has 0 saturated heterocycles. The molecule has 2 atom stereocenters. The van der Waals surface area contributed by atoms with Crippen molar-refractivity contribution in [2.75, 3.05) is 13.2 Å². The number of pyridine rings is 1. The maximum absolute atomic E-state index is 14.5. The van der Waals surface area contributed by atoms with Crippen molar-refractivity contribution in [3.8, 4) is 17.0 Å². The first-order chi connectivity index (χ1) is 18.3. The number of nitrogens with two attached hydrogens (primary N) is 1. The van der Waals surface area contributed by atoms with Gasteiger partial charge in [-0.25, -0.2) is 9.37 Å². The number of aromatic nitrogens is 2. The lowest BCUT2D eigenvalue weighted by Crippen LogP contribution is -2.52. The zero-order valence-electron chi connectivity index (χ0n) is 20.4. The number of alkyl halides is 3. The smallest absolute Gasteiger partial charge is 0.424 e. The van der Waals surface area contributed by atoms with E-state index in [-0.39, 0.29) is 34.9 Å². The summed E-state index contributed by atoms with van der Waals surface area (Å²) in [5, 5.41) is 13.9. The molecule has 0 aliphatic carbocycles. The van der Waals surface area contributed by atoms with E-state index in [1.54, 1.807) is 24.3 Å². The summed E-state index contributed by atoms with van der Waals surface area (Å²) in [5.41, 5.74) is 0.0273. The van der Waals surface area contributed by atoms with E-state index in [9.17, 15) is 32.3 Å². The molecule has 39 heavy (non-hydrogen) atoms. The maximum Gasteiger partial charge on any atom is 0.424 e. The van der Waals surface area contributed by atoms with Crippen LogP contribution in [0, 0.1) is 5.82 Å². The second-order valence-electron chi connectivity index (χ2n) is 9.54. The SMILES string of the molecule is C[C@]1(C(N)=O)COc2c1cc([C@@](O)(CNC(=O)c1cc3ccccc3[nH]1)C(F)(F)F)nc2-c1ccc(F)cc1. The van der Waals surface area contributed by atoms with Crippen LogP contribution in [0.2, 0.25) is 0 Å². The summed E-state index contributed by atoms with van der Waals surface area (Å²) in [4.78, 5) is 31.9. The highest BCUT2D eigenvalue weighted by molar-refractivity contribution is 5.98. The standard InChI is InChI=1S/C27H22F4N4O4/c1-25(24(32)37)13-39-22-17(25)11-20(35-21(22)14-6-8-16(28)9-7-14)26(38,27(29,30)31)12-33-23(36)19-10-15-4-2-3-5-18(15)34-19/h2-11,34,38H,12-13H2,1H3,(H2,32,37)(H,33,36)/t25-,26-/m0/s1. The first-order valence-electron chi connectivity index (χ1n) is 11.7. The fraction of sp³-hybridized carbons (Fsp3) is 0.222. The highest BCUT2D eigenvalue weighted by Gasteiger charge is 2.57. The van der Waals surface area contributed by atoms with Crippen molar-refractivity contribution >= 4 is 22.7 Å². The summed E-state index contributed by atoms with van der Waals surface area (Å²) in [6, 6.07) is 14.0. The topological polar surface area (TPSA) is 130 Å². The van der Waals surface area contributed by atoms with Gasteiger partial charge < -0.3 is 25.9 Å². The molecule has 1 aliphatic heterocycles. The van der Waals surface area contributed by atoms with Crippen molar-refractivity contribution in [3.63, 3.8) is 0 Å². The number of primary amides is 1. The molecule has 2 aromatic carbocycles. The maximum atomic E-state index is 14.5. The van der Waals surface area contributed by atoms with E-state index in [0.717, 1.165) is 18.2 Å². The number of nitrogens with one attached hydrogen (secondary N) is 2. The molecule has 2 aromatic heterocycles. The molecule has 8 nitrogen and oxygen atoms in total. The number of hydrogen-bond donors (Lipinski definition) is 4. The number of amides is 2. The van der Waals surface area contributed by atoms with Gasteiger partial charge in [-0.15, -0.1) is 0 Å². The summed E-state index contributed by atoms with van der Waals surface area (Å²) in [6.07, 6.45) is -5.31. The molecular weight excluding hydrogens is 520 g/mol. The molecule has 1 aliphatic rings. The van der Waals surface area contributed by atoms with Crippen molar-refractivity contribution in [1.82, 2.24) is 15.3 Å². The number of aromatic amines is 1. The van der Waals surface area contributed by atoms with Crippen LogP contribution in [-0.4, -0.2) is 46.2 Å². The first-order valence-corrected chi connectivity index (χ1v) is 11.7. The average molecular weight is 542 g/mol. The Morgan fingerprint density at radius 3 is 2.49 bits per heavy atom. The largest absolute Gasteiger partial charge is 0.489 e. The van der Waals surface area contributed by atoms with Gasteiger partial charge in [0.15, 0.2) is 0 Å². The van der Waals surface area contributed by atoms with Crippen LogP contribution in [0.5, 0.6) is 5.75 Å². The van der Waals surface area contributed by atoms with E-state index in [1.165, 1.54) is 25.1 Å². The van der Waals surface area contributed by atoms with Crippen LogP contribution in [0.15, 0.2) is 60.7 Å². The Morgan fingerprint density at radius 2 is 1.85 bits per heavy atom. The summed E-state index contributed by atoms with van der Waals surface area (Å²) in [7, 11) is 0. The third-order valence-electron chi connectivity index (χ3n) is 6.91. The second kappa shape index (κ2) is 9.09. The Labute approximate surface area is 218 Å². The molecule has 0 fully saturated rings. The average Bonchev–Trinajstić information content (AvgIpc) is 3.49. The van der Waals surface area contributed by atoms with E-state index in [4.69, 9.17) is 10.5 Å². The Bertz CT molecular complexity index is 1570. The number of carbonyl (C=O) groups is 2. The second-order valence-corrected chi connectivity index (χ2v) is 9.54. The summed E-state index contributed by atoms with van der Waals surface area (Å²) in [6.45, 7) is -0.185. The van der Waals surface area contributed by atoms with Crippen molar-refractivity contribution in [1.29, 1.82) is 0 Å². The number of H-pyrrole nitrogens is 1. The monoisotopic (exact) mass is 542 g/mol. The fourth-order valence-electron chi connectivity index (χ4n) is 4.44. The molecule has 5 rings (SSSR count). The van der Waals surface area contributed by atoms with Crippen LogP contribution in [-0.2, 0) is 15.8 Å². The fourth-order valence-corrected chi connectivity index (χ4v) is 4.44. The van der Waals surface area contributed by atoms with Crippen LogP contribution in [0.25, 0.3) is 22.2 Å². The molecule has 0 unspecified atom stereocenters. The van der Waals surface area contributed by atoms with Crippen LogP contribution in [0.1, 0.15) is 28.7 Å². The Morgan fingerprint density at radius 1 is 1.15 bits per heavy atom. The predicted octanol–water partition coefficient (Wildman–Crippen LogP) is 3.68. The first kappa shape index (κ1) is 26.2. The predicted molar refractivity (Wildman–Crippen MR) is 132 cm³/mol. The number of para-hydroxylation sites is 1. The number of carbonyl (C=O) groups excluding carboxylic acids is 2. The molecule has 0 bridgehead atoms.